The second-order valence-electron chi connectivity index (χ2n) is 5.79. The molecule has 0 saturated carbocycles. The minimum atomic E-state index is 0.628. The van der Waals surface area contributed by atoms with E-state index in [2.05, 4.69) is 43.4 Å². The van der Waals surface area contributed by atoms with E-state index in [1.165, 1.54) is 37.3 Å². The van der Waals surface area contributed by atoms with Crippen LogP contribution in [0.2, 0.25) is 0 Å². The van der Waals surface area contributed by atoms with E-state index in [1.807, 2.05) is 0 Å². The zero-order valence-corrected chi connectivity index (χ0v) is 12.3. The van der Waals surface area contributed by atoms with Gasteiger partial charge in [0.05, 0.1) is 13.2 Å². The van der Waals surface area contributed by atoms with Gasteiger partial charge in [0.15, 0.2) is 0 Å². The standard InChI is InChI=1S/C16H26N2O/c1-14(2)16-5-3-15(4-6-16)13-17-7-8-18-9-11-19-12-10-18/h3-6,14,17H,7-13H2,1-2H3/p+2. The Kier molecular flexibility index (Phi) is 5.83. The predicted octanol–water partition coefficient (Wildman–Crippen LogP) is -0.211. The van der Waals surface area contributed by atoms with Crippen LogP contribution in [0.3, 0.4) is 0 Å². The molecule has 106 valence electrons. The minimum Gasteiger partial charge on any atom is -0.370 e. The van der Waals surface area contributed by atoms with E-state index in [1.54, 1.807) is 4.90 Å². The van der Waals surface area contributed by atoms with Crippen LogP contribution in [-0.4, -0.2) is 39.4 Å². The number of hydrogen-bond acceptors (Lipinski definition) is 1. The number of morpholine rings is 1. The summed E-state index contributed by atoms with van der Waals surface area (Å²) >= 11 is 0. The Hall–Kier alpha value is -0.900. The van der Waals surface area contributed by atoms with E-state index in [0.717, 1.165) is 19.8 Å². The lowest BCUT2D eigenvalue weighted by Crippen LogP contribution is -3.16. The molecule has 1 heterocycles. The maximum absolute atomic E-state index is 5.37. The first kappa shape index (κ1) is 14.5. The van der Waals surface area contributed by atoms with Gasteiger partial charge in [0.25, 0.3) is 0 Å². The molecule has 0 amide bonds. The molecule has 0 aromatic heterocycles. The lowest BCUT2D eigenvalue weighted by Gasteiger charge is -2.22. The zero-order valence-electron chi connectivity index (χ0n) is 12.3. The average Bonchev–Trinajstić information content (AvgIpc) is 2.45. The van der Waals surface area contributed by atoms with E-state index in [0.29, 0.717) is 5.92 Å². The Bertz CT molecular complexity index is 356. The summed E-state index contributed by atoms with van der Waals surface area (Å²) < 4.78 is 5.37. The Morgan fingerprint density at radius 1 is 1.16 bits per heavy atom. The maximum Gasteiger partial charge on any atom is 0.127 e. The van der Waals surface area contributed by atoms with Gasteiger partial charge in [-0.15, -0.1) is 0 Å². The first-order valence-electron chi connectivity index (χ1n) is 7.57. The third kappa shape index (κ3) is 4.94. The molecule has 0 bridgehead atoms. The zero-order chi connectivity index (χ0) is 13.5. The largest absolute Gasteiger partial charge is 0.370 e. The van der Waals surface area contributed by atoms with Gasteiger partial charge in [0.2, 0.25) is 0 Å². The van der Waals surface area contributed by atoms with Crippen molar-refractivity contribution in [3.8, 4) is 0 Å². The van der Waals surface area contributed by atoms with Crippen LogP contribution in [0.1, 0.15) is 30.9 Å². The highest BCUT2D eigenvalue weighted by Gasteiger charge is 2.13. The van der Waals surface area contributed by atoms with Crippen LogP contribution in [0, 0.1) is 0 Å². The van der Waals surface area contributed by atoms with Gasteiger partial charge in [-0.2, -0.15) is 0 Å². The Balaban J connectivity index is 1.64. The van der Waals surface area contributed by atoms with E-state index in [9.17, 15) is 0 Å². The smallest absolute Gasteiger partial charge is 0.127 e. The average molecular weight is 264 g/mol. The van der Waals surface area contributed by atoms with Crippen LogP contribution in [-0.2, 0) is 11.3 Å². The number of rotatable bonds is 6. The summed E-state index contributed by atoms with van der Waals surface area (Å²) in [6.07, 6.45) is 0. The first-order valence-corrected chi connectivity index (χ1v) is 7.57. The fraction of sp³-hybridized carbons (Fsp3) is 0.625. The quantitative estimate of drug-likeness (QED) is 0.684. The molecule has 3 N–H and O–H groups in total. The van der Waals surface area contributed by atoms with Crippen LogP contribution in [0.15, 0.2) is 24.3 Å². The Morgan fingerprint density at radius 3 is 2.47 bits per heavy atom. The molecule has 1 aromatic rings. The van der Waals surface area contributed by atoms with Crippen molar-refractivity contribution < 1.29 is 15.0 Å². The van der Waals surface area contributed by atoms with Crippen molar-refractivity contribution >= 4 is 0 Å². The number of hydrogen-bond donors (Lipinski definition) is 2. The fourth-order valence-corrected chi connectivity index (χ4v) is 2.52. The maximum atomic E-state index is 5.37. The summed E-state index contributed by atoms with van der Waals surface area (Å²) in [4.78, 5) is 1.69. The highest BCUT2D eigenvalue weighted by atomic mass is 16.5. The van der Waals surface area contributed by atoms with Crippen molar-refractivity contribution in [1.82, 2.24) is 0 Å². The number of nitrogens with two attached hydrogens (primary N) is 1. The Morgan fingerprint density at radius 2 is 1.84 bits per heavy atom. The van der Waals surface area contributed by atoms with Crippen LogP contribution in [0.5, 0.6) is 0 Å². The van der Waals surface area contributed by atoms with Crippen molar-refractivity contribution in [1.29, 1.82) is 0 Å². The molecule has 1 fully saturated rings. The van der Waals surface area contributed by atoms with Crippen LogP contribution >= 0.6 is 0 Å². The van der Waals surface area contributed by atoms with E-state index in [4.69, 9.17) is 4.74 Å². The SMILES string of the molecule is CC(C)c1ccc(C[NH2+]CC[NH+]2CCOCC2)cc1. The van der Waals surface area contributed by atoms with E-state index < -0.39 is 0 Å². The van der Waals surface area contributed by atoms with Gasteiger partial charge in [0, 0.05) is 5.56 Å². The molecular weight excluding hydrogens is 236 g/mol. The molecule has 1 aromatic carbocycles. The summed E-state index contributed by atoms with van der Waals surface area (Å²) in [5, 5.41) is 2.42. The molecule has 1 saturated heterocycles. The lowest BCUT2D eigenvalue weighted by molar-refractivity contribution is -0.920. The Labute approximate surface area is 116 Å². The van der Waals surface area contributed by atoms with Crippen LogP contribution < -0.4 is 10.2 Å². The van der Waals surface area contributed by atoms with E-state index in [-0.39, 0.29) is 0 Å². The van der Waals surface area contributed by atoms with Gasteiger partial charge < -0.3 is 15.0 Å². The van der Waals surface area contributed by atoms with Crippen molar-refractivity contribution in [3.05, 3.63) is 35.4 Å². The molecule has 0 unspecified atom stereocenters. The molecule has 0 spiro atoms. The van der Waals surface area contributed by atoms with Gasteiger partial charge in [-0.3, -0.25) is 0 Å². The summed E-state index contributed by atoms with van der Waals surface area (Å²) in [6, 6.07) is 9.07. The summed E-state index contributed by atoms with van der Waals surface area (Å²) in [6.45, 7) is 12.3. The predicted molar refractivity (Wildman–Crippen MR) is 77.4 cm³/mol. The van der Waals surface area contributed by atoms with Crippen LogP contribution in [0.25, 0.3) is 0 Å². The normalized spacial score (nSPS) is 17.0. The molecule has 1 aliphatic rings. The number of quaternary nitrogens is 2. The van der Waals surface area contributed by atoms with Gasteiger partial charge in [-0.25, -0.2) is 0 Å². The molecule has 0 radical (unpaired) electrons. The first-order chi connectivity index (χ1) is 9.25. The molecule has 0 atom stereocenters. The highest BCUT2D eigenvalue weighted by Crippen LogP contribution is 2.13. The molecule has 0 aliphatic carbocycles. The second-order valence-corrected chi connectivity index (χ2v) is 5.79. The number of benzene rings is 1. The van der Waals surface area contributed by atoms with Crippen molar-refractivity contribution in [3.63, 3.8) is 0 Å². The van der Waals surface area contributed by atoms with Gasteiger partial charge in [-0.1, -0.05) is 38.1 Å². The van der Waals surface area contributed by atoms with Gasteiger partial charge >= 0.3 is 0 Å². The van der Waals surface area contributed by atoms with E-state index >= 15 is 0 Å². The third-order valence-electron chi connectivity index (χ3n) is 3.93. The van der Waals surface area contributed by atoms with Crippen LogP contribution in [0.4, 0.5) is 0 Å². The molecule has 2 rings (SSSR count). The summed E-state index contributed by atoms with van der Waals surface area (Å²) in [5.41, 5.74) is 2.86. The topological polar surface area (TPSA) is 30.3 Å². The molecule has 19 heavy (non-hydrogen) atoms. The van der Waals surface area contributed by atoms with Gasteiger partial charge in [0.1, 0.15) is 32.7 Å². The molecule has 3 nitrogen and oxygen atoms in total. The molecule has 3 heteroatoms. The van der Waals surface area contributed by atoms with Crippen molar-refractivity contribution in [2.45, 2.75) is 26.3 Å². The lowest BCUT2D eigenvalue weighted by atomic mass is 10.0. The summed E-state index contributed by atoms with van der Waals surface area (Å²) in [7, 11) is 0. The monoisotopic (exact) mass is 264 g/mol. The summed E-state index contributed by atoms with van der Waals surface area (Å²) in [5.74, 6) is 0.628. The van der Waals surface area contributed by atoms with Crippen molar-refractivity contribution in [2.75, 3.05) is 39.4 Å². The van der Waals surface area contributed by atoms with Crippen molar-refractivity contribution in [2.24, 2.45) is 0 Å². The number of nitrogens with one attached hydrogen (secondary N) is 1. The third-order valence-corrected chi connectivity index (χ3v) is 3.93. The number of ether oxygens (including phenoxy) is 1. The molecule has 1 aliphatic heterocycles. The van der Waals surface area contributed by atoms with Gasteiger partial charge in [-0.05, 0) is 11.5 Å². The highest BCUT2D eigenvalue weighted by molar-refractivity contribution is 5.23. The second kappa shape index (κ2) is 7.63. The minimum absolute atomic E-state index is 0.628. The molecular formula is C16H28N2O+2. The fourth-order valence-electron chi connectivity index (χ4n) is 2.52.